The molecule has 2 aromatic heterocycles. The molecule has 0 aliphatic rings. The first kappa shape index (κ1) is 22.3. The van der Waals surface area contributed by atoms with Crippen molar-refractivity contribution in [1.82, 2.24) is 14.8 Å². The Balaban J connectivity index is 2.04. The number of amides is 1. The molecule has 0 bridgehead atoms. The number of anilines is 4. The minimum absolute atomic E-state index is 0.00749. The molecule has 0 unspecified atom stereocenters. The number of primary amides is 1. The topological polar surface area (TPSA) is 127 Å². The number of halogens is 1. The highest BCUT2D eigenvalue weighted by molar-refractivity contribution is 5.99. The molecule has 0 saturated carbocycles. The molecular weight excluding hydrogens is 399 g/mol. The minimum atomic E-state index is -0.781. The third-order valence-corrected chi connectivity index (χ3v) is 5.13. The Morgan fingerprint density at radius 3 is 2.58 bits per heavy atom. The van der Waals surface area contributed by atoms with Crippen LogP contribution in [0.25, 0.3) is 10.9 Å². The molecule has 3 aromatic rings. The lowest BCUT2D eigenvalue weighted by atomic mass is 10.1. The fourth-order valence-electron chi connectivity index (χ4n) is 3.58. The summed E-state index contributed by atoms with van der Waals surface area (Å²) < 4.78 is 16.4. The van der Waals surface area contributed by atoms with Crippen molar-refractivity contribution in [2.45, 2.75) is 32.4 Å². The Labute approximate surface area is 180 Å². The van der Waals surface area contributed by atoms with Crippen molar-refractivity contribution in [3.05, 3.63) is 35.6 Å². The predicted molar refractivity (Wildman–Crippen MR) is 122 cm³/mol. The molecule has 6 N–H and O–H groups in total. The van der Waals surface area contributed by atoms with Gasteiger partial charge in [-0.15, -0.1) is 0 Å². The first-order valence-electron chi connectivity index (χ1n) is 10.1. The van der Waals surface area contributed by atoms with E-state index in [0.717, 1.165) is 22.8 Å². The molecule has 0 aliphatic heterocycles. The molecule has 166 valence electrons. The lowest BCUT2D eigenvalue weighted by Crippen LogP contribution is -2.38. The van der Waals surface area contributed by atoms with E-state index in [-0.39, 0.29) is 29.3 Å². The molecule has 31 heavy (non-hydrogen) atoms. The van der Waals surface area contributed by atoms with E-state index in [1.54, 1.807) is 4.68 Å². The molecule has 2 heterocycles. The summed E-state index contributed by atoms with van der Waals surface area (Å²) in [5.41, 5.74) is 12.9. The van der Waals surface area contributed by atoms with Crippen LogP contribution in [0, 0.1) is 5.82 Å². The summed E-state index contributed by atoms with van der Waals surface area (Å²) in [5.74, 6) is -0.364. The Hall–Kier alpha value is -3.40. The summed E-state index contributed by atoms with van der Waals surface area (Å²) in [5, 5.41) is 11.5. The lowest BCUT2D eigenvalue weighted by Gasteiger charge is -2.22. The van der Waals surface area contributed by atoms with Crippen molar-refractivity contribution < 1.29 is 9.18 Å². The normalized spacial score (nSPS) is 13.1. The van der Waals surface area contributed by atoms with Crippen molar-refractivity contribution >= 4 is 40.0 Å². The number of nitrogens with zero attached hydrogens (tertiary/aromatic N) is 4. The second-order valence-corrected chi connectivity index (χ2v) is 7.80. The zero-order valence-electron chi connectivity index (χ0n) is 18.4. The lowest BCUT2D eigenvalue weighted by molar-refractivity contribution is 0.100. The van der Waals surface area contributed by atoms with Gasteiger partial charge in [-0.2, -0.15) is 5.10 Å². The summed E-state index contributed by atoms with van der Waals surface area (Å²) in [6.45, 7) is 3.78. The van der Waals surface area contributed by atoms with Gasteiger partial charge in [0.05, 0.1) is 11.1 Å². The third-order valence-electron chi connectivity index (χ3n) is 5.13. The average molecular weight is 429 g/mol. The van der Waals surface area contributed by atoms with Crippen LogP contribution in [-0.2, 0) is 7.05 Å². The smallest absolute Gasteiger partial charge is 0.252 e. The van der Waals surface area contributed by atoms with Crippen molar-refractivity contribution in [2.24, 2.45) is 18.5 Å². The van der Waals surface area contributed by atoms with Crippen LogP contribution >= 0.6 is 0 Å². The Morgan fingerprint density at radius 1 is 1.29 bits per heavy atom. The van der Waals surface area contributed by atoms with E-state index in [9.17, 15) is 9.18 Å². The van der Waals surface area contributed by atoms with Crippen LogP contribution in [0.15, 0.2) is 24.3 Å². The zero-order valence-corrected chi connectivity index (χ0v) is 18.4. The quantitative estimate of drug-likeness (QED) is 0.434. The predicted octanol–water partition coefficient (Wildman–Crippen LogP) is 2.55. The standard InChI is InChI=1S/C21H29FN8O/c1-6-16(11(2)23)26-20-15(22)10-14(18(24)31)19(27-20)25-12-7-8-17-13(9-12)21(29(3)4)30(5)28-17/h7-11,16H,6,23H2,1-5H3,(H2,24,31)(H2,25,26,27)/t11-,16+/m0/s1. The van der Waals surface area contributed by atoms with Gasteiger partial charge in [0.1, 0.15) is 11.6 Å². The maximum Gasteiger partial charge on any atom is 0.252 e. The van der Waals surface area contributed by atoms with Gasteiger partial charge in [-0.25, -0.2) is 9.37 Å². The number of fused-ring (bicyclic) bond motifs is 1. The molecule has 2 atom stereocenters. The van der Waals surface area contributed by atoms with Gasteiger partial charge in [0, 0.05) is 44.3 Å². The van der Waals surface area contributed by atoms with Crippen LogP contribution in [0.2, 0.25) is 0 Å². The molecule has 1 amide bonds. The molecule has 10 heteroatoms. The highest BCUT2D eigenvalue weighted by atomic mass is 19.1. The first-order chi connectivity index (χ1) is 14.6. The third kappa shape index (κ3) is 4.53. The number of carbonyl (C=O) groups excluding carboxylic acids is 1. The SMILES string of the molecule is CC[C@@H](Nc1nc(Nc2ccc3nn(C)c(N(C)C)c3c2)c(C(N)=O)cc1F)[C@H](C)N. The Kier molecular flexibility index (Phi) is 6.30. The van der Waals surface area contributed by atoms with E-state index < -0.39 is 11.7 Å². The van der Waals surface area contributed by atoms with E-state index in [2.05, 4.69) is 20.7 Å². The molecule has 0 saturated heterocycles. The minimum Gasteiger partial charge on any atom is -0.365 e. The second-order valence-electron chi connectivity index (χ2n) is 7.80. The summed E-state index contributed by atoms with van der Waals surface area (Å²) in [4.78, 5) is 18.2. The van der Waals surface area contributed by atoms with Crippen LogP contribution in [0.3, 0.4) is 0 Å². The number of pyridine rings is 1. The monoisotopic (exact) mass is 428 g/mol. The molecule has 0 fully saturated rings. The number of carbonyl (C=O) groups is 1. The number of rotatable bonds is 8. The number of benzene rings is 1. The van der Waals surface area contributed by atoms with E-state index in [0.29, 0.717) is 12.1 Å². The van der Waals surface area contributed by atoms with Gasteiger partial charge in [-0.3, -0.25) is 9.48 Å². The highest BCUT2D eigenvalue weighted by Crippen LogP contribution is 2.30. The second kappa shape index (κ2) is 8.76. The molecule has 0 radical (unpaired) electrons. The average Bonchev–Trinajstić information content (AvgIpc) is 3.02. The number of aryl methyl sites for hydroxylation is 1. The van der Waals surface area contributed by atoms with Gasteiger partial charge in [0.2, 0.25) is 0 Å². The molecule has 0 aliphatic carbocycles. The van der Waals surface area contributed by atoms with Crippen LogP contribution in [0.1, 0.15) is 30.6 Å². The Morgan fingerprint density at radius 2 is 2.00 bits per heavy atom. The maximum absolute atomic E-state index is 14.6. The van der Waals surface area contributed by atoms with Gasteiger partial charge < -0.3 is 27.0 Å². The number of hydrogen-bond donors (Lipinski definition) is 4. The highest BCUT2D eigenvalue weighted by Gasteiger charge is 2.20. The molecule has 0 spiro atoms. The van der Waals surface area contributed by atoms with Crippen molar-refractivity contribution in [2.75, 3.05) is 29.6 Å². The fourth-order valence-corrected chi connectivity index (χ4v) is 3.58. The number of nitrogens with two attached hydrogens (primary N) is 2. The first-order valence-corrected chi connectivity index (χ1v) is 10.1. The van der Waals surface area contributed by atoms with Crippen LogP contribution < -0.4 is 27.0 Å². The van der Waals surface area contributed by atoms with Gasteiger partial charge in [-0.1, -0.05) is 6.92 Å². The van der Waals surface area contributed by atoms with Crippen molar-refractivity contribution in [3.63, 3.8) is 0 Å². The molecule has 9 nitrogen and oxygen atoms in total. The van der Waals surface area contributed by atoms with Crippen molar-refractivity contribution in [1.29, 1.82) is 0 Å². The summed E-state index contributed by atoms with van der Waals surface area (Å²) in [6, 6.07) is 6.27. The van der Waals surface area contributed by atoms with Gasteiger partial charge >= 0.3 is 0 Å². The summed E-state index contributed by atoms with van der Waals surface area (Å²) >= 11 is 0. The Bertz CT molecular complexity index is 1110. The van der Waals surface area contributed by atoms with Crippen LogP contribution in [0.4, 0.5) is 27.5 Å². The van der Waals surface area contributed by atoms with Gasteiger partial charge in [-0.05, 0) is 37.6 Å². The largest absolute Gasteiger partial charge is 0.365 e. The summed E-state index contributed by atoms with van der Waals surface area (Å²) in [6.07, 6.45) is 0.685. The molecule has 1 aromatic carbocycles. The molecular formula is C21H29FN8O. The maximum atomic E-state index is 14.6. The van der Waals surface area contributed by atoms with Crippen LogP contribution in [0.5, 0.6) is 0 Å². The molecule has 3 rings (SSSR count). The zero-order chi connectivity index (χ0) is 22.9. The van der Waals surface area contributed by atoms with E-state index in [1.165, 1.54) is 0 Å². The fraction of sp³-hybridized carbons (Fsp3) is 0.381. The van der Waals surface area contributed by atoms with E-state index in [4.69, 9.17) is 11.5 Å². The van der Waals surface area contributed by atoms with Gasteiger partial charge in [0.15, 0.2) is 11.6 Å². The van der Waals surface area contributed by atoms with E-state index in [1.807, 2.05) is 58.1 Å². The van der Waals surface area contributed by atoms with Crippen LogP contribution in [-0.4, -0.2) is 46.9 Å². The summed E-state index contributed by atoms with van der Waals surface area (Å²) in [7, 11) is 5.74. The van der Waals surface area contributed by atoms with Gasteiger partial charge in [0.25, 0.3) is 5.91 Å². The number of hydrogen-bond acceptors (Lipinski definition) is 7. The van der Waals surface area contributed by atoms with Crippen molar-refractivity contribution in [3.8, 4) is 0 Å². The van der Waals surface area contributed by atoms with E-state index >= 15 is 0 Å². The number of nitrogens with one attached hydrogen (secondary N) is 2. The number of aromatic nitrogens is 3.